The molecule has 0 fully saturated rings. The zero-order valence-electron chi connectivity index (χ0n) is 14.1. The van der Waals surface area contributed by atoms with Gasteiger partial charge in [0.1, 0.15) is 0 Å². The molecule has 0 spiro atoms. The lowest BCUT2D eigenvalue weighted by molar-refractivity contribution is 0.104. The third-order valence-corrected chi connectivity index (χ3v) is 4.33. The molecule has 2 aromatic carbocycles. The lowest BCUT2D eigenvalue weighted by atomic mass is 10.1. The third kappa shape index (κ3) is 2.95. The number of nitrogens with zero attached hydrogens (tertiary/aromatic N) is 1. The summed E-state index contributed by atoms with van der Waals surface area (Å²) < 4.78 is 2.22. The van der Waals surface area contributed by atoms with Gasteiger partial charge in [0.05, 0.1) is 0 Å². The number of aryl methyl sites for hydroxylation is 1. The van der Waals surface area contributed by atoms with E-state index in [0.29, 0.717) is 5.56 Å². The van der Waals surface area contributed by atoms with Gasteiger partial charge in [-0.25, -0.2) is 0 Å². The average molecular weight is 315 g/mol. The van der Waals surface area contributed by atoms with E-state index in [2.05, 4.69) is 30.2 Å². The molecule has 0 aliphatic heterocycles. The van der Waals surface area contributed by atoms with E-state index in [0.717, 1.165) is 34.3 Å². The Morgan fingerprint density at radius 3 is 2.50 bits per heavy atom. The Labute approximate surface area is 142 Å². The van der Waals surface area contributed by atoms with Crippen molar-refractivity contribution in [1.82, 2.24) is 4.57 Å². The molecule has 0 atom stereocenters. The third-order valence-electron chi connectivity index (χ3n) is 4.33. The Morgan fingerprint density at radius 2 is 1.79 bits per heavy atom. The van der Waals surface area contributed by atoms with Gasteiger partial charge in [0.15, 0.2) is 5.78 Å². The number of para-hydroxylation sites is 1. The number of hydrogen-bond donors (Lipinski definition) is 0. The molecule has 0 unspecified atom stereocenters. The van der Waals surface area contributed by atoms with Crippen molar-refractivity contribution in [2.45, 2.75) is 20.4 Å². The minimum Gasteiger partial charge on any atom is -0.340 e. The van der Waals surface area contributed by atoms with Crippen LogP contribution in [0.15, 0.2) is 67.3 Å². The lowest BCUT2D eigenvalue weighted by Gasteiger charge is -2.04. The minimum atomic E-state index is 0.0231. The second-order valence-corrected chi connectivity index (χ2v) is 5.98. The fraction of sp³-hybridized carbons (Fsp3) is 0.136. The van der Waals surface area contributed by atoms with Gasteiger partial charge in [-0.15, -0.1) is 6.58 Å². The standard InChI is InChI=1S/C22H21NO/c1-4-15-23-17(3)19(20-7-5-6-8-21(20)23)13-14-22(24)18-11-9-16(2)10-12-18/h4-14H,1,15H2,2-3H3/b14-13+. The van der Waals surface area contributed by atoms with Crippen LogP contribution in [0.2, 0.25) is 0 Å². The number of aromatic nitrogens is 1. The SMILES string of the molecule is C=CCn1c(C)c(/C=C/C(=O)c2ccc(C)cc2)c2ccccc21. The molecule has 0 bridgehead atoms. The molecule has 120 valence electrons. The van der Waals surface area contributed by atoms with Crippen LogP contribution >= 0.6 is 0 Å². The van der Waals surface area contributed by atoms with Gasteiger partial charge in [0.2, 0.25) is 0 Å². The smallest absolute Gasteiger partial charge is 0.185 e. The lowest BCUT2D eigenvalue weighted by Crippen LogP contribution is -1.97. The number of carbonyl (C=O) groups is 1. The molecule has 0 radical (unpaired) electrons. The highest BCUT2D eigenvalue weighted by atomic mass is 16.1. The van der Waals surface area contributed by atoms with Crippen molar-refractivity contribution >= 4 is 22.8 Å². The quantitative estimate of drug-likeness (QED) is 0.354. The highest BCUT2D eigenvalue weighted by Gasteiger charge is 2.11. The van der Waals surface area contributed by atoms with Gasteiger partial charge in [-0.3, -0.25) is 4.79 Å². The first kappa shape index (κ1) is 16.0. The first-order chi connectivity index (χ1) is 11.6. The monoisotopic (exact) mass is 315 g/mol. The number of fused-ring (bicyclic) bond motifs is 1. The van der Waals surface area contributed by atoms with Gasteiger partial charge in [-0.05, 0) is 32.1 Å². The van der Waals surface area contributed by atoms with Crippen LogP contribution in [0.3, 0.4) is 0 Å². The summed E-state index contributed by atoms with van der Waals surface area (Å²) in [7, 11) is 0. The van der Waals surface area contributed by atoms with Crippen LogP contribution in [0.25, 0.3) is 17.0 Å². The van der Waals surface area contributed by atoms with E-state index in [-0.39, 0.29) is 5.78 Å². The zero-order chi connectivity index (χ0) is 17.1. The molecule has 2 heteroatoms. The van der Waals surface area contributed by atoms with Crippen LogP contribution in [0.1, 0.15) is 27.2 Å². The summed E-state index contributed by atoms with van der Waals surface area (Å²) in [5.41, 5.74) is 5.26. The molecule has 1 heterocycles. The second kappa shape index (κ2) is 6.71. The highest BCUT2D eigenvalue weighted by molar-refractivity contribution is 6.08. The first-order valence-corrected chi connectivity index (χ1v) is 8.09. The van der Waals surface area contributed by atoms with Crippen molar-refractivity contribution in [3.8, 4) is 0 Å². The molecule has 0 amide bonds. The van der Waals surface area contributed by atoms with Crippen molar-refractivity contribution in [3.63, 3.8) is 0 Å². The second-order valence-electron chi connectivity index (χ2n) is 5.98. The van der Waals surface area contributed by atoms with Gasteiger partial charge >= 0.3 is 0 Å². The maximum Gasteiger partial charge on any atom is 0.185 e. The molecule has 0 saturated carbocycles. The van der Waals surface area contributed by atoms with E-state index in [4.69, 9.17) is 0 Å². The summed E-state index contributed by atoms with van der Waals surface area (Å²) in [5.74, 6) is 0.0231. The van der Waals surface area contributed by atoms with E-state index < -0.39 is 0 Å². The normalized spacial score (nSPS) is 11.2. The molecule has 3 rings (SSSR count). The largest absolute Gasteiger partial charge is 0.340 e. The van der Waals surface area contributed by atoms with E-state index >= 15 is 0 Å². The predicted octanol–water partition coefficient (Wildman–Crippen LogP) is 5.34. The minimum absolute atomic E-state index is 0.0231. The van der Waals surface area contributed by atoms with E-state index in [1.807, 2.05) is 55.5 Å². The van der Waals surface area contributed by atoms with Crippen molar-refractivity contribution in [1.29, 1.82) is 0 Å². The fourth-order valence-electron chi connectivity index (χ4n) is 3.01. The Morgan fingerprint density at radius 1 is 1.08 bits per heavy atom. The van der Waals surface area contributed by atoms with Crippen molar-refractivity contribution in [3.05, 3.63) is 89.6 Å². The Kier molecular flexibility index (Phi) is 4.48. The maximum atomic E-state index is 12.4. The van der Waals surface area contributed by atoms with Gasteiger partial charge in [0, 0.05) is 34.3 Å². The number of rotatable bonds is 5. The van der Waals surface area contributed by atoms with E-state index in [1.165, 1.54) is 0 Å². The molecular weight excluding hydrogens is 294 g/mol. The average Bonchev–Trinajstić information content (AvgIpc) is 2.86. The summed E-state index contributed by atoms with van der Waals surface area (Å²) in [5, 5.41) is 1.16. The first-order valence-electron chi connectivity index (χ1n) is 8.09. The molecule has 1 aromatic heterocycles. The number of allylic oxidation sites excluding steroid dienone is 2. The molecule has 0 aliphatic carbocycles. The van der Waals surface area contributed by atoms with Crippen LogP contribution in [0.4, 0.5) is 0 Å². The van der Waals surface area contributed by atoms with Gasteiger partial charge in [-0.2, -0.15) is 0 Å². The molecule has 2 nitrogen and oxygen atoms in total. The van der Waals surface area contributed by atoms with E-state index in [1.54, 1.807) is 6.08 Å². The van der Waals surface area contributed by atoms with Gasteiger partial charge < -0.3 is 4.57 Å². The molecule has 3 aromatic rings. The van der Waals surface area contributed by atoms with Crippen LogP contribution in [-0.4, -0.2) is 10.4 Å². The highest BCUT2D eigenvalue weighted by Crippen LogP contribution is 2.27. The summed E-state index contributed by atoms with van der Waals surface area (Å²) in [6.07, 6.45) is 5.49. The van der Waals surface area contributed by atoms with Gasteiger partial charge in [-0.1, -0.05) is 54.1 Å². The number of benzene rings is 2. The predicted molar refractivity (Wildman–Crippen MR) is 101 cm³/mol. The maximum absolute atomic E-state index is 12.4. The zero-order valence-corrected chi connectivity index (χ0v) is 14.1. The number of hydrogen-bond acceptors (Lipinski definition) is 1. The molecule has 0 N–H and O–H groups in total. The van der Waals surface area contributed by atoms with Crippen LogP contribution in [-0.2, 0) is 6.54 Å². The molecular formula is C22H21NO. The summed E-state index contributed by atoms with van der Waals surface area (Å²) in [6.45, 7) is 8.70. The van der Waals surface area contributed by atoms with Crippen molar-refractivity contribution in [2.24, 2.45) is 0 Å². The summed E-state index contributed by atoms with van der Waals surface area (Å²) in [6, 6.07) is 15.9. The molecule has 0 saturated heterocycles. The Bertz CT molecular complexity index is 927. The van der Waals surface area contributed by atoms with Crippen molar-refractivity contribution in [2.75, 3.05) is 0 Å². The molecule has 24 heavy (non-hydrogen) atoms. The Balaban J connectivity index is 2.00. The summed E-state index contributed by atoms with van der Waals surface area (Å²) >= 11 is 0. The molecule has 0 aliphatic rings. The van der Waals surface area contributed by atoms with E-state index in [9.17, 15) is 4.79 Å². The number of ketones is 1. The van der Waals surface area contributed by atoms with Crippen LogP contribution in [0, 0.1) is 13.8 Å². The Hall–Kier alpha value is -2.87. The van der Waals surface area contributed by atoms with Gasteiger partial charge in [0.25, 0.3) is 0 Å². The topological polar surface area (TPSA) is 22.0 Å². The van der Waals surface area contributed by atoms with Crippen molar-refractivity contribution < 1.29 is 4.79 Å². The fourth-order valence-corrected chi connectivity index (χ4v) is 3.01. The van der Waals surface area contributed by atoms with Crippen LogP contribution < -0.4 is 0 Å². The summed E-state index contributed by atoms with van der Waals surface area (Å²) in [4.78, 5) is 12.4. The van der Waals surface area contributed by atoms with Crippen LogP contribution in [0.5, 0.6) is 0 Å². The number of carbonyl (C=O) groups excluding carboxylic acids is 1.